The van der Waals surface area contributed by atoms with Crippen molar-refractivity contribution in [2.45, 2.75) is 25.8 Å². The number of carbonyl (C=O) groups is 1. The lowest BCUT2D eigenvalue weighted by Gasteiger charge is -2.26. The van der Waals surface area contributed by atoms with Gasteiger partial charge in [-0.25, -0.2) is 14.2 Å². The summed E-state index contributed by atoms with van der Waals surface area (Å²) in [5, 5.41) is 19.4. The number of carbonyl (C=O) groups excluding carboxylic acids is 1. The Kier molecular flexibility index (Phi) is 9.38. The lowest BCUT2D eigenvalue weighted by molar-refractivity contribution is 0.00933. The third-order valence-electron chi connectivity index (χ3n) is 6.69. The third kappa shape index (κ3) is 7.69. The molecule has 7 nitrogen and oxygen atoms in total. The molecule has 0 aliphatic carbocycles. The SMILES string of the molecule is O=C(OC[C@@H](O)CO)c1ccc(CN(Cc2cccc(F)c2)c2ccc(OCc3ccc4ccccc4n3)cc2)cc1. The molecule has 2 N–H and O–H groups in total. The predicted octanol–water partition coefficient (Wildman–Crippen LogP) is 5.67. The van der Waals surface area contributed by atoms with E-state index in [4.69, 9.17) is 14.6 Å². The van der Waals surface area contributed by atoms with Gasteiger partial charge in [-0.1, -0.05) is 48.5 Å². The van der Waals surface area contributed by atoms with Crippen molar-refractivity contribution in [3.63, 3.8) is 0 Å². The molecule has 5 rings (SSSR count). The summed E-state index contributed by atoms with van der Waals surface area (Å²) >= 11 is 0. The second kappa shape index (κ2) is 13.7. The van der Waals surface area contributed by atoms with E-state index in [1.807, 2.05) is 78.9 Å². The van der Waals surface area contributed by atoms with Gasteiger partial charge in [-0.15, -0.1) is 0 Å². The number of nitrogens with zero attached hydrogens (tertiary/aromatic N) is 2. The Bertz CT molecular complexity index is 1630. The van der Waals surface area contributed by atoms with Crippen LogP contribution in [-0.2, 0) is 24.4 Å². The van der Waals surface area contributed by atoms with Crippen LogP contribution in [0.15, 0.2) is 109 Å². The Balaban J connectivity index is 1.28. The minimum absolute atomic E-state index is 0.281. The first-order chi connectivity index (χ1) is 20.5. The predicted molar refractivity (Wildman–Crippen MR) is 159 cm³/mol. The summed E-state index contributed by atoms with van der Waals surface area (Å²) in [5.74, 6) is -0.179. The third-order valence-corrected chi connectivity index (χ3v) is 6.69. The van der Waals surface area contributed by atoms with Gasteiger partial charge in [0, 0.05) is 24.2 Å². The van der Waals surface area contributed by atoms with Gasteiger partial charge in [0.1, 0.15) is 30.9 Å². The molecule has 0 fully saturated rings. The highest BCUT2D eigenvalue weighted by atomic mass is 19.1. The number of aliphatic hydroxyl groups is 2. The van der Waals surface area contributed by atoms with E-state index in [9.17, 15) is 14.3 Å². The fourth-order valence-electron chi connectivity index (χ4n) is 4.47. The number of fused-ring (bicyclic) bond motifs is 1. The molecule has 0 aliphatic rings. The highest BCUT2D eigenvalue weighted by Crippen LogP contribution is 2.25. The summed E-state index contributed by atoms with van der Waals surface area (Å²) in [4.78, 5) is 19.0. The van der Waals surface area contributed by atoms with Crippen molar-refractivity contribution in [3.8, 4) is 5.75 Å². The summed E-state index contributed by atoms with van der Waals surface area (Å²) in [6.45, 7) is 0.530. The average molecular weight is 567 g/mol. The number of aromatic nitrogens is 1. The van der Waals surface area contributed by atoms with Crippen molar-refractivity contribution < 1.29 is 28.9 Å². The smallest absolute Gasteiger partial charge is 0.338 e. The van der Waals surface area contributed by atoms with Gasteiger partial charge >= 0.3 is 5.97 Å². The van der Waals surface area contributed by atoms with Crippen LogP contribution in [0.25, 0.3) is 10.9 Å². The molecule has 0 bridgehead atoms. The van der Waals surface area contributed by atoms with E-state index in [0.717, 1.165) is 33.4 Å². The van der Waals surface area contributed by atoms with Crippen LogP contribution in [-0.4, -0.2) is 40.5 Å². The Labute approximate surface area is 243 Å². The molecular weight excluding hydrogens is 535 g/mol. The van der Waals surface area contributed by atoms with Gasteiger partial charge in [-0.05, 0) is 71.8 Å². The van der Waals surface area contributed by atoms with Gasteiger partial charge in [0.2, 0.25) is 0 Å². The molecule has 8 heteroatoms. The van der Waals surface area contributed by atoms with Crippen molar-refractivity contribution in [1.29, 1.82) is 0 Å². The molecule has 0 saturated heterocycles. The van der Waals surface area contributed by atoms with Crippen LogP contribution in [0, 0.1) is 5.82 Å². The molecule has 1 atom stereocenters. The number of ether oxygens (including phenoxy) is 2. The van der Waals surface area contributed by atoms with Crippen LogP contribution in [0.5, 0.6) is 5.75 Å². The van der Waals surface area contributed by atoms with E-state index in [2.05, 4.69) is 9.88 Å². The number of para-hydroxylation sites is 1. The lowest BCUT2D eigenvalue weighted by Crippen LogP contribution is -2.23. The molecule has 214 valence electrons. The van der Waals surface area contributed by atoms with Crippen LogP contribution < -0.4 is 9.64 Å². The number of anilines is 1. The number of hydrogen-bond donors (Lipinski definition) is 2. The minimum Gasteiger partial charge on any atom is -0.487 e. The Morgan fingerprint density at radius 3 is 2.38 bits per heavy atom. The summed E-state index contributed by atoms with van der Waals surface area (Å²) in [6.07, 6.45) is -1.11. The largest absolute Gasteiger partial charge is 0.487 e. The first-order valence-corrected chi connectivity index (χ1v) is 13.6. The van der Waals surface area contributed by atoms with Crippen LogP contribution in [0.3, 0.4) is 0 Å². The number of hydrogen-bond acceptors (Lipinski definition) is 7. The maximum Gasteiger partial charge on any atom is 0.338 e. The van der Waals surface area contributed by atoms with Crippen LogP contribution >= 0.6 is 0 Å². The zero-order chi connectivity index (χ0) is 29.3. The first kappa shape index (κ1) is 28.7. The maximum absolute atomic E-state index is 14.0. The van der Waals surface area contributed by atoms with E-state index >= 15 is 0 Å². The summed E-state index contributed by atoms with van der Waals surface area (Å²) in [5.41, 5.74) is 4.76. The van der Waals surface area contributed by atoms with E-state index in [1.54, 1.807) is 18.2 Å². The zero-order valence-electron chi connectivity index (χ0n) is 22.9. The molecule has 0 amide bonds. The quantitative estimate of drug-likeness (QED) is 0.188. The van der Waals surface area contributed by atoms with Gasteiger partial charge < -0.3 is 24.6 Å². The molecule has 1 aromatic heterocycles. The lowest BCUT2D eigenvalue weighted by atomic mass is 10.1. The van der Waals surface area contributed by atoms with Gasteiger partial charge in [-0.2, -0.15) is 0 Å². The highest BCUT2D eigenvalue weighted by molar-refractivity contribution is 5.89. The zero-order valence-corrected chi connectivity index (χ0v) is 22.9. The molecule has 1 heterocycles. The summed E-state index contributed by atoms with van der Waals surface area (Å²) < 4.78 is 25.0. The maximum atomic E-state index is 14.0. The molecule has 0 aliphatic heterocycles. The van der Waals surface area contributed by atoms with Crippen molar-refractivity contribution in [2.24, 2.45) is 0 Å². The second-order valence-corrected chi connectivity index (χ2v) is 9.90. The van der Waals surface area contributed by atoms with E-state index in [0.29, 0.717) is 31.0 Å². The Morgan fingerprint density at radius 1 is 0.857 bits per heavy atom. The molecule has 0 saturated carbocycles. The van der Waals surface area contributed by atoms with Gasteiger partial charge in [0.15, 0.2) is 0 Å². The number of pyridine rings is 1. The second-order valence-electron chi connectivity index (χ2n) is 9.90. The topological polar surface area (TPSA) is 92.1 Å². The Morgan fingerprint density at radius 2 is 1.62 bits per heavy atom. The minimum atomic E-state index is -1.11. The highest BCUT2D eigenvalue weighted by Gasteiger charge is 2.13. The number of aliphatic hydroxyl groups excluding tert-OH is 2. The van der Waals surface area contributed by atoms with E-state index in [-0.39, 0.29) is 12.4 Å². The van der Waals surface area contributed by atoms with Crippen LogP contribution in [0.4, 0.5) is 10.1 Å². The fourth-order valence-corrected chi connectivity index (χ4v) is 4.47. The number of benzene rings is 4. The molecule has 4 aromatic carbocycles. The van der Waals surface area contributed by atoms with Crippen molar-refractivity contribution >= 4 is 22.6 Å². The molecule has 0 spiro atoms. The monoisotopic (exact) mass is 566 g/mol. The van der Waals surface area contributed by atoms with Gasteiger partial charge in [0.25, 0.3) is 0 Å². The number of halogens is 1. The molecule has 5 aromatic rings. The Hall–Kier alpha value is -4.79. The van der Waals surface area contributed by atoms with Crippen molar-refractivity contribution in [1.82, 2.24) is 4.98 Å². The normalized spacial score (nSPS) is 11.7. The van der Waals surface area contributed by atoms with Crippen molar-refractivity contribution in [3.05, 3.63) is 137 Å². The average Bonchev–Trinajstić information content (AvgIpc) is 3.02. The standard InChI is InChI=1S/C34H31FN2O5/c35-28-6-3-4-25(18-28)20-37(19-24-8-10-27(11-9-24)34(40)42-23-31(39)21-38)30-14-16-32(17-15-30)41-22-29-13-12-26-5-1-2-7-33(26)36-29/h1-18,31,38-39H,19-23H2/t31-/m0/s1. The molecule has 0 unspecified atom stereocenters. The first-order valence-electron chi connectivity index (χ1n) is 13.6. The molecule has 0 radical (unpaired) electrons. The molecule has 42 heavy (non-hydrogen) atoms. The summed E-state index contributed by atoms with van der Waals surface area (Å²) in [6, 6.07) is 33.1. The molecular formula is C34H31FN2O5. The van der Waals surface area contributed by atoms with Crippen LogP contribution in [0.1, 0.15) is 27.2 Å². The van der Waals surface area contributed by atoms with E-state index < -0.39 is 18.7 Å². The van der Waals surface area contributed by atoms with E-state index in [1.165, 1.54) is 12.1 Å². The number of esters is 1. The van der Waals surface area contributed by atoms with Crippen molar-refractivity contribution in [2.75, 3.05) is 18.1 Å². The fraction of sp³-hybridized carbons (Fsp3) is 0.176. The van der Waals surface area contributed by atoms with Crippen LogP contribution in [0.2, 0.25) is 0 Å². The number of rotatable bonds is 12. The van der Waals surface area contributed by atoms with Gasteiger partial charge in [-0.3, -0.25) is 0 Å². The summed E-state index contributed by atoms with van der Waals surface area (Å²) in [7, 11) is 0. The van der Waals surface area contributed by atoms with Gasteiger partial charge in [0.05, 0.1) is 23.4 Å².